The van der Waals surface area contributed by atoms with Crippen molar-refractivity contribution >= 4 is 11.3 Å². The van der Waals surface area contributed by atoms with E-state index in [0.29, 0.717) is 6.04 Å². The zero-order valence-corrected chi connectivity index (χ0v) is 11.3. The highest BCUT2D eigenvalue weighted by atomic mass is 32.1. The largest absolute Gasteiger partial charge is 0.308 e. The van der Waals surface area contributed by atoms with Crippen molar-refractivity contribution in [2.75, 3.05) is 0 Å². The van der Waals surface area contributed by atoms with Crippen LogP contribution in [0.2, 0.25) is 0 Å². The van der Waals surface area contributed by atoms with Crippen LogP contribution in [0.4, 0.5) is 0 Å². The van der Waals surface area contributed by atoms with Crippen LogP contribution in [0, 0.1) is 6.92 Å². The second kappa shape index (κ2) is 5.43. The number of benzene rings is 1. The maximum absolute atomic E-state index is 4.44. The SMILES string of the molecule is Cc1ccc(-c2cnc(CNC(C)C)s2)cc1. The minimum absolute atomic E-state index is 0.502. The van der Waals surface area contributed by atoms with E-state index in [9.17, 15) is 0 Å². The fraction of sp³-hybridized carbons (Fsp3) is 0.357. The number of nitrogens with zero attached hydrogens (tertiary/aromatic N) is 1. The molecule has 1 aromatic carbocycles. The third-order valence-electron chi connectivity index (χ3n) is 2.55. The predicted molar refractivity (Wildman–Crippen MR) is 74.3 cm³/mol. The lowest BCUT2D eigenvalue weighted by atomic mass is 10.1. The molecule has 0 aliphatic carbocycles. The van der Waals surface area contributed by atoms with Crippen LogP contribution in [0.25, 0.3) is 10.4 Å². The van der Waals surface area contributed by atoms with E-state index in [-0.39, 0.29) is 0 Å². The van der Waals surface area contributed by atoms with Crippen LogP contribution >= 0.6 is 11.3 Å². The summed E-state index contributed by atoms with van der Waals surface area (Å²) in [5.41, 5.74) is 2.55. The van der Waals surface area contributed by atoms with Crippen LogP contribution in [-0.4, -0.2) is 11.0 Å². The first kappa shape index (κ1) is 12.3. The van der Waals surface area contributed by atoms with Crippen molar-refractivity contribution in [1.29, 1.82) is 0 Å². The molecule has 1 N–H and O–H groups in total. The smallest absolute Gasteiger partial charge is 0.107 e. The quantitative estimate of drug-likeness (QED) is 0.891. The Labute approximate surface area is 107 Å². The van der Waals surface area contributed by atoms with Crippen molar-refractivity contribution < 1.29 is 0 Å². The van der Waals surface area contributed by atoms with Crippen LogP contribution < -0.4 is 5.32 Å². The molecule has 0 atom stereocenters. The van der Waals surface area contributed by atoms with Crippen molar-refractivity contribution in [3.8, 4) is 10.4 Å². The Bertz CT molecular complexity index is 471. The van der Waals surface area contributed by atoms with Crippen LogP contribution in [-0.2, 0) is 6.54 Å². The number of hydrogen-bond donors (Lipinski definition) is 1. The van der Waals surface area contributed by atoms with E-state index in [2.05, 4.69) is 55.3 Å². The van der Waals surface area contributed by atoms with Gasteiger partial charge in [0.25, 0.3) is 0 Å². The van der Waals surface area contributed by atoms with E-state index in [1.54, 1.807) is 11.3 Å². The zero-order valence-electron chi connectivity index (χ0n) is 10.5. The van der Waals surface area contributed by atoms with E-state index in [1.807, 2.05) is 6.20 Å². The Morgan fingerprint density at radius 3 is 2.59 bits per heavy atom. The molecule has 0 radical (unpaired) electrons. The van der Waals surface area contributed by atoms with Gasteiger partial charge >= 0.3 is 0 Å². The first-order chi connectivity index (χ1) is 8.15. The van der Waals surface area contributed by atoms with Gasteiger partial charge in [0.1, 0.15) is 5.01 Å². The molecule has 90 valence electrons. The van der Waals surface area contributed by atoms with Crippen molar-refractivity contribution in [2.24, 2.45) is 0 Å². The first-order valence-electron chi connectivity index (χ1n) is 5.90. The maximum atomic E-state index is 4.44. The van der Waals surface area contributed by atoms with Gasteiger partial charge in [-0.15, -0.1) is 11.3 Å². The second-order valence-electron chi connectivity index (χ2n) is 4.52. The third-order valence-corrected chi connectivity index (χ3v) is 3.60. The first-order valence-corrected chi connectivity index (χ1v) is 6.72. The molecule has 0 bridgehead atoms. The molecule has 0 unspecified atom stereocenters. The van der Waals surface area contributed by atoms with Crippen LogP contribution in [0.5, 0.6) is 0 Å². The fourth-order valence-corrected chi connectivity index (χ4v) is 2.41. The Balaban J connectivity index is 2.10. The summed E-state index contributed by atoms with van der Waals surface area (Å²) in [6.45, 7) is 7.26. The third kappa shape index (κ3) is 3.38. The summed E-state index contributed by atoms with van der Waals surface area (Å²) in [6.07, 6.45) is 1.96. The van der Waals surface area contributed by atoms with Crippen molar-refractivity contribution in [3.05, 3.63) is 41.0 Å². The van der Waals surface area contributed by atoms with Gasteiger partial charge < -0.3 is 5.32 Å². The standard InChI is InChI=1S/C14H18N2S/c1-10(2)15-9-14-16-8-13(17-14)12-6-4-11(3)5-7-12/h4-8,10,15H,9H2,1-3H3. The van der Waals surface area contributed by atoms with E-state index < -0.39 is 0 Å². The Hall–Kier alpha value is -1.19. The molecule has 0 aliphatic rings. The Morgan fingerprint density at radius 2 is 1.94 bits per heavy atom. The lowest BCUT2D eigenvalue weighted by Gasteiger charge is -2.04. The molecule has 2 rings (SSSR count). The summed E-state index contributed by atoms with van der Waals surface area (Å²) < 4.78 is 0. The van der Waals surface area contributed by atoms with Crippen molar-refractivity contribution in [1.82, 2.24) is 10.3 Å². The molecule has 0 fully saturated rings. The maximum Gasteiger partial charge on any atom is 0.107 e. The highest BCUT2D eigenvalue weighted by Gasteiger charge is 2.04. The molecule has 2 aromatic rings. The number of rotatable bonds is 4. The summed E-state index contributed by atoms with van der Waals surface area (Å²) in [6, 6.07) is 9.09. The van der Waals surface area contributed by atoms with E-state index in [1.165, 1.54) is 16.0 Å². The van der Waals surface area contributed by atoms with Crippen molar-refractivity contribution in [3.63, 3.8) is 0 Å². The van der Waals surface area contributed by atoms with E-state index in [0.717, 1.165) is 11.6 Å². The molecule has 17 heavy (non-hydrogen) atoms. The van der Waals surface area contributed by atoms with Gasteiger partial charge in [0.2, 0.25) is 0 Å². The van der Waals surface area contributed by atoms with E-state index >= 15 is 0 Å². The molecular weight excluding hydrogens is 228 g/mol. The Morgan fingerprint density at radius 1 is 1.24 bits per heavy atom. The van der Waals surface area contributed by atoms with Gasteiger partial charge in [-0.25, -0.2) is 4.98 Å². The minimum Gasteiger partial charge on any atom is -0.308 e. The summed E-state index contributed by atoms with van der Waals surface area (Å²) in [5.74, 6) is 0. The minimum atomic E-state index is 0.502. The van der Waals surface area contributed by atoms with Gasteiger partial charge in [0.05, 0.1) is 4.88 Å². The average molecular weight is 246 g/mol. The van der Waals surface area contributed by atoms with Gasteiger partial charge in [-0.05, 0) is 12.5 Å². The predicted octanol–water partition coefficient (Wildman–Crippen LogP) is 3.62. The van der Waals surface area contributed by atoms with Crippen LogP contribution in [0.3, 0.4) is 0 Å². The normalized spacial score (nSPS) is 11.1. The summed E-state index contributed by atoms with van der Waals surface area (Å²) in [7, 11) is 0. The monoisotopic (exact) mass is 246 g/mol. The van der Waals surface area contributed by atoms with Gasteiger partial charge in [-0.2, -0.15) is 0 Å². The summed E-state index contributed by atoms with van der Waals surface area (Å²) >= 11 is 1.76. The topological polar surface area (TPSA) is 24.9 Å². The highest BCUT2D eigenvalue weighted by molar-refractivity contribution is 7.15. The molecule has 0 spiro atoms. The van der Waals surface area contributed by atoms with Gasteiger partial charge in [0, 0.05) is 18.8 Å². The van der Waals surface area contributed by atoms with Gasteiger partial charge in [-0.1, -0.05) is 43.7 Å². The molecule has 1 aromatic heterocycles. The van der Waals surface area contributed by atoms with Crippen LogP contribution in [0.15, 0.2) is 30.5 Å². The fourth-order valence-electron chi connectivity index (χ4n) is 1.53. The van der Waals surface area contributed by atoms with Gasteiger partial charge in [-0.3, -0.25) is 0 Å². The molecule has 0 amide bonds. The molecule has 2 nitrogen and oxygen atoms in total. The molecule has 0 saturated heterocycles. The number of aryl methyl sites for hydroxylation is 1. The number of thiazole rings is 1. The molecule has 1 heterocycles. The molecule has 0 aliphatic heterocycles. The van der Waals surface area contributed by atoms with Gasteiger partial charge in [0.15, 0.2) is 0 Å². The van der Waals surface area contributed by atoms with Crippen LogP contribution in [0.1, 0.15) is 24.4 Å². The molecule has 3 heteroatoms. The zero-order chi connectivity index (χ0) is 12.3. The lowest BCUT2D eigenvalue weighted by Crippen LogP contribution is -2.21. The lowest BCUT2D eigenvalue weighted by molar-refractivity contribution is 0.587. The van der Waals surface area contributed by atoms with Crippen molar-refractivity contribution in [2.45, 2.75) is 33.4 Å². The summed E-state index contributed by atoms with van der Waals surface area (Å²) in [4.78, 5) is 5.68. The summed E-state index contributed by atoms with van der Waals surface area (Å²) in [5, 5.41) is 4.53. The highest BCUT2D eigenvalue weighted by Crippen LogP contribution is 2.26. The number of hydrogen-bond acceptors (Lipinski definition) is 3. The second-order valence-corrected chi connectivity index (χ2v) is 5.64. The Kier molecular flexibility index (Phi) is 3.92. The number of nitrogens with one attached hydrogen (secondary N) is 1. The molecule has 0 saturated carbocycles. The average Bonchev–Trinajstić information content (AvgIpc) is 2.76. The number of aromatic nitrogens is 1. The molecular formula is C14H18N2S. The van der Waals surface area contributed by atoms with E-state index in [4.69, 9.17) is 0 Å².